The van der Waals surface area contributed by atoms with E-state index in [4.69, 9.17) is 0 Å². The van der Waals surface area contributed by atoms with Crippen LogP contribution in [-0.2, 0) is 0 Å². The van der Waals surface area contributed by atoms with Gasteiger partial charge in [0.05, 0.1) is 0 Å². The van der Waals surface area contributed by atoms with Crippen molar-refractivity contribution in [2.24, 2.45) is 11.8 Å². The van der Waals surface area contributed by atoms with Crippen molar-refractivity contribution in [2.45, 2.75) is 187 Å². The fourth-order valence-corrected chi connectivity index (χ4v) is 6.65. The molecule has 0 amide bonds. The maximum atomic E-state index is 2.89. The Balaban J connectivity index is 1.43. The fraction of sp³-hybridized carbons (Fsp3) is 1.00. The van der Waals surface area contributed by atoms with Crippen LogP contribution in [0.5, 0.6) is 0 Å². The molecular weight excluding hydrogens is 410 g/mol. The molecule has 3 unspecified atom stereocenters. The third-order valence-electron chi connectivity index (χ3n) is 9.16. The van der Waals surface area contributed by atoms with Crippen molar-refractivity contribution < 1.29 is 0 Å². The molecule has 0 N–H and O–H groups in total. The molecular formula is C33H65N. The molecule has 0 spiro atoms. The second-order valence-corrected chi connectivity index (χ2v) is 12.3. The highest BCUT2D eigenvalue weighted by Gasteiger charge is 2.35. The van der Waals surface area contributed by atoms with Crippen LogP contribution in [0.4, 0.5) is 0 Å². The van der Waals surface area contributed by atoms with Crippen LogP contribution in [0.1, 0.15) is 181 Å². The Labute approximate surface area is 216 Å². The lowest BCUT2D eigenvalue weighted by Crippen LogP contribution is -2.39. The molecule has 1 saturated heterocycles. The Morgan fingerprint density at radius 2 is 0.912 bits per heavy atom. The van der Waals surface area contributed by atoms with Gasteiger partial charge in [0.15, 0.2) is 0 Å². The Morgan fingerprint density at radius 3 is 1.38 bits per heavy atom. The first-order valence-electron chi connectivity index (χ1n) is 16.6. The van der Waals surface area contributed by atoms with Crippen LogP contribution < -0.4 is 0 Å². The quantitative estimate of drug-likeness (QED) is 0.125. The molecule has 1 nitrogen and oxygen atoms in total. The lowest BCUT2D eigenvalue weighted by atomic mass is 9.96. The van der Waals surface area contributed by atoms with Crippen molar-refractivity contribution in [3.63, 3.8) is 0 Å². The van der Waals surface area contributed by atoms with E-state index in [9.17, 15) is 0 Å². The average molecular weight is 476 g/mol. The van der Waals surface area contributed by atoms with Crippen LogP contribution in [-0.4, -0.2) is 24.0 Å². The van der Waals surface area contributed by atoms with Gasteiger partial charge in [0.2, 0.25) is 0 Å². The van der Waals surface area contributed by atoms with Crippen molar-refractivity contribution >= 4 is 0 Å². The van der Waals surface area contributed by atoms with E-state index in [1.54, 1.807) is 19.3 Å². The minimum atomic E-state index is 0.908. The van der Waals surface area contributed by atoms with E-state index in [0.717, 1.165) is 17.9 Å². The molecule has 0 aromatic carbocycles. The van der Waals surface area contributed by atoms with Gasteiger partial charge in [-0.15, -0.1) is 0 Å². The van der Waals surface area contributed by atoms with Gasteiger partial charge in [-0.2, -0.15) is 0 Å². The SMILES string of the molecule is CCCCCCCCCC(CCCCCCCC1CC1CCCCCCCC)N1CCCCC1. The van der Waals surface area contributed by atoms with Gasteiger partial charge in [0.25, 0.3) is 0 Å². The number of nitrogens with zero attached hydrogens (tertiary/aromatic N) is 1. The first kappa shape index (κ1) is 30.2. The molecule has 2 rings (SSSR count). The second-order valence-electron chi connectivity index (χ2n) is 12.3. The van der Waals surface area contributed by atoms with Gasteiger partial charge in [-0.05, 0) is 57.0 Å². The summed E-state index contributed by atoms with van der Waals surface area (Å²) in [5, 5.41) is 0. The first-order chi connectivity index (χ1) is 16.8. The number of hydrogen-bond acceptors (Lipinski definition) is 1. The van der Waals surface area contributed by atoms with E-state index in [2.05, 4.69) is 18.7 Å². The molecule has 0 aromatic heterocycles. The molecule has 1 aliphatic carbocycles. The van der Waals surface area contributed by atoms with E-state index in [0.29, 0.717) is 0 Å². The predicted octanol–water partition coefficient (Wildman–Crippen LogP) is 11.1. The Kier molecular flexibility index (Phi) is 18.7. The first-order valence-corrected chi connectivity index (χ1v) is 16.6. The van der Waals surface area contributed by atoms with Gasteiger partial charge in [-0.1, -0.05) is 149 Å². The van der Waals surface area contributed by atoms with Gasteiger partial charge in [0.1, 0.15) is 0 Å². The van der Waals surface area contributed by atoms with Crippen LogP contribution in [0.25, 0.3) is 0 Å². The van der Waals surface area contributed by atoms with Crippen LogP contribution in [0, 0.1) is 11.8 Å². The van der Waals surface area contributed by atoms with Crippen molar-refractivity contribution in [3.05, 3.63) is 0 Å². The molecule has 0 aromatic rings. The molecule has 0 bridgehead atoms. The normalized spacial score (nSPS) is 21.7. The summed E-state index contributed by atoms with van der Waals surface area (Å²) in [6.07, 6.45) is 38.5. The number of unbranched alkanes of at least 4 members (excludes halogenated alkanes) is 15. The highest BCUT2D eigenvalue weighted by Crippen LogP contribution is 2.45. The maximum absolute atomic E-state index is 2.89. The fourth-order valence-electron chi connectivity index (χ4n) is 6.65. The molecule has 1 heterocycles. The molecule has 1 aliphatic heterocycles. The summed E-state index contributed by atoms with van der Waals surface area (Å²) in [5.74, 6) is 2.25. The van der Waals surface area contributed by atoms with Crippen molar-refractivity contribution in [1.29, 1.82) is 0 Å². The molecule has 3 atom stereocenters. The average Bonchev–Trinajstić information content (AvgIpc) is 3.62. The predicted molar refractivity (Wildman–Crippen MR) is 154 cm³/mol. The second kappa shape index (κ2) is 21.1. The summed E-state index contributed by atoms with van der Waals surface area (Å²) in [4.78, 5) is 2.89. The maximum Gasteiger partial charge on any atom is 0.00952 e. The molecule has 2 fully saturated rings. The summed E-state index contributed by atoms with van der Waals surface area (Å²) >= 11 is 0. The molecule has 202 valence electrons. The highest BCUT2D eigenvalue weighted by molar-refractivity contribution is 4.85. The number of likely N-dealkylation sites (tertiary alicyclic amines) is 1. The number of piperidine rings is 1. The highest BCUT2D eigenvalue weighted by atomic mass is 15.2. The van der Waals surface area contributed by atoms with Crippen LogP contribution in [0.15, 0.2) is 0 Å². The van der Waals surface area contributed by atoms with E-state index < -0.39 is 0 Å². The monoisotopic (exact) mass is 476 g/mol. The third kappa shape index (κ3) is 15.2. The van der Waals surface area contributed by atoms with Crippen molar-refractivity contribution in [3.8, 4) is 0 Å². The Bertz CT molecular complexity index is 426. The third-order valence-corrected chi connectivity index (χ3v) is 9.16. The molecule has 0 radical (unpaired) electrons. The smallest absolute Gasteiger partial charge is 0.00952 e. The van der Waals surface area contributed by atoms with Crippen molar-refractivity contribution in [2.75, 3.05) is 13.1 Å². The van der Waals surface area contributed by atoms with E-state index in [1.165, 1.54) is 161 Å². The molecule has 2 aliphatic rings. The Hall–Kier alpha value is -0.0400. The van der Waals surface area contributed by atoms with Gasteiger partial charge in [0, 0.05) is 6.04 Å². The standard InChI is InChI=1S/C33H65N/c1-3-5-7-9-11-15-20-26-33(34-28-22-17-23-29-34)27-21-16-12-14-19-25-32-30-31(32)24-18-13-10-8-6-4-2/h31-33H,3-30H2,1-2H3. The number of hydrogen-bond donors (Lipinski definition) is 0. The summed E-state index contributed by atoms with van der Waals surface area (Å²) in [5.41, 5.74) is 0. The van der Waals surface area contributed by atoms with E-state index in [1.807, 2.05) is 0 Å². The summed E-state index contributed by atoms with van der Waals surface area (Å²) in [6.45, 7) is 7.42. The van der Waals surface area contributed by atoms with Gasteiger partial charge in [-0.25, -0.2) is 0 Å². The summed E-state index contributed by atoms with van der Waals surface area (Å²) in [7, 11) is 0. The minimum Gasteiger partial charge on any atom is -0.300 e. The zero-order valence-electron chi connectivity index (χ0n) is 24.0. The summed E-state index contributed by atoms with van der Waals surface area (Å²) in [6, 6.07) is 0.908. The zero-order chi connectivity index (χ0) is 24.1. The molecule has 1 heteroatoms. The lowest BCUT2D eigenvalue weighted by Gasteiger charge is -2.35. The van der Waals surface area contributed by atoms with E-state index >= 15 is 0 Å². The largest absolute Gasteiger partial charge is 0.300 e. The van der Waals surface area contributed by atoms with Crippen LogP contribution in [0.3, 0.4) is 0 Å². The molecule has 34 heavy (non-hydrogen) atoms. The number of rotatable bonds is 24. The van der Waals surface area contributed by atoms with Crippen LogP contribution >= 0.6 is 0 Å². The lowest BCUT2D eigenvalue weighted by molar-refractivity contribution is 0.142. The minimum absolute atomic E-state index is 0.908. The summed E-state index contributed by atoms with van der Waals surface area (Å²) < 4.78 is 0. The van der Waals surface area contributed by atoms with E-state index in [-0.39, 0.29) is 0 Å². The molecule has 1 saturated carbocycles. The van der Waals surface area contributed by atoms with Crippen molar-refractivity contribution in [1.82, 2.24) is 4.90 Å². The van der Waals surface area contributed by atoms with Gasteiger partial charge >= 0.3 is 0 Å². The zero-order valence-corrected chi connectivity index (χ0v) is 24.0. The Morgan fingerprint density at radius 1 is 0.500 bits per heavy atom. The van der Waals surface area contributed by atoms with Gasteiger partial charge in [-0.3, -0.25) is 0 Å². The van der Waals surface area contributed by atoms with Gasteiger partial charge < -0.3 is 4.90 Å². The topological polar surface area (TPSA) is 3.24 Å². The van der Waals surface area contributed by atoms with Crippen LogP contribution in [0.2, 0.25) is 0 Å².